The number of hydrogen-bond acceptors (Lipinski definition) is 4. The molecule has 1 aliphatic carbocycles. The summed E-state index contributed by atoms with van der Waals surface area (Å²) in [6.07, 6.45) is 6.01. The number of allylic oxidation sites excluding steroid dienone is 2. The van der Waals surface area contributed by atoms with E-state index >= 15 is 0 Å². The molecule has 3 rings (SSSR count). The molecule has 1 aromatic carbocycles. The number of morpholine rings is 1. The summed E-state index contributed by atoms with van der Waals surface area (Å²) in [6, 6.07) is 7.93. The lowest BCUT2D eigenvalue weighted by atomic mass is 10.1. The normalized spacial score (nSPS) is 21.3. The maximum absolute atomic E-state index is 5.96. The summed E-state index contributed by atoms with van der Waals surface area (Å²) in [5.74, 6) is 5.37. The zero-order chi connectivity index (χ0) is 15.4. The molecule has 1 saturated heterocycles. The van der Waals surface area contributed by atoms with Gasteiger partial charge in [0, 0.05) is 23.8 Å². The van der Waals surface area contributed by atoms with Crippen molar-refractivity contribution in [3.8, 4) is 0 Å². The first-order chi connectivity index (χ1) is 10.8. The van der Waals surface area contributed by atoms with E-state index in [9.17, 15) is 0 Å². The van der Waals surface area contributed by atoms with Crippen molar-refractivity contribution >= 4 is 23.9 Å². The molecule has 0 amide bonds. The first-order valence-corrected chi connectivity index (χ1v) is 7.91. The van der Waals surface area contributed by atoms with Crippen molar-refractivity contribution in [2.75, 3.05) is 26.3 Å². The Hall–Kier alpha value is -1.78. The van der Waals surface area contributed by atoms with Gasteiger partial charge < -0.3 is 15.5 Å². The van der Waals surface area contributed by atoms with Crippen LogP contribution >= 0.6 is 11.6 Å². The molecule has 1 aliphatic heterocycles. The highest BCUT2D eigenvalue weighted by Crippen LogP contribution is 2.35. The van der Waals surface area contributed by atoms with E-state index in [1.54, 1.807) is 6.21 Å². The number of nitrogens with zero attached hydrogens (tertiary/aromatic N) is 2. The Bertz CT molecular complexity index is 613. The van der Waals surface area contributed by atoms with Gasteiger partial charge in [0.1, 0.15) is 0 Å². The van der Waals surface area contributed by atoms with Crippen LogP contribution in [-0.2, 0) is 4.74 Å². The highest BCUT2D eigenvalue weighted by atomic mass is 35.5. The van der Waals surface area contributed by atoms with Gasteiger partial charge in [0.05, 0.1) is 19.4 Å². The smallest absolute Gasteiger partial charge is 0.0642 e. The Balaban J connectivity index is 1.93. The number of hydrogen-bond donors (Lipinski definition) is 1. The second-order valence-corrected chi connectivity index (χ2v) is 5.91. The predicted molar refractivity (Wildman–Crippen MR) is 90.8 cm³/mol. The number of hydrazone groups is 1. The summed E-state index contributed by atoms with van der Waals surface area (Å²) in [5, 5.41) is 4.49. The number of rotatable bonds is 3. The van der Waals surface area contributed by atoms with E-state index in [1.165, 1.54) is 16.8 Å². The Morgan fingerprint density at radius 3 is 2.55 bits per heavy atom. The van der Waals surface area contributed by atoms with Crippen LogP contribution in [0.2, 0.25) is 5.02 Å². The van der Waals surface area contributed by atoms with E-state index in [2.05, 4.69) is 16.1 Å². The van der Waals surface area contributed by atoms with E-state index in [4.69, 9.17) is 22.2 Å². The van der Waals surface area contributed by atoms with Crippen LogP contribution < -0.4 is 5.84 Å². The first-order valence-electron chi connectivity index (χ1n) is 7.53. The molecule has 5 heteroatoms. The minimum Gasteiger partial charge on any atom is -0.378 e. The van der Waals surface area contributed by atoms with Crippen LogP contribution in [0.5, 0.6) is 0 Å². The maximum Gasteiger partial charge on any atom is 0.0642 e. The molecule has 0 unspecified atom stereocenters. The van der Waals surface area contributed by atoms with Crippen molar-refractivity contribution in [1.82, 2.24) is 4.90 Å². The van der Waals surface area contributed by atoms with Gasteiger partial charge in [-0.2, -0.15) is 5.10 Å². The lowest BCUT2D eigenvalue weighted by Crippen LogP contribution is -2.36. The fraction of sp³-hybridized carbons (Fsp3) is 0.353. The quantitative estimate of drug-likeness (QED) is 0.529. The van der Waals surface area contributed by atoms with Crippen LogP contribution in [0.3, 0.4) is 0 Å². The van der Waals surface area contributed by atoms with E-state index < -0.39 is 0 Å². The van der Waals surface area contributed by atoms with Crippen molar-refractivity contribution in [3.63, 3.8) is 0 Å². The van der Waals surface area contributed by atoms with Gasteiger partial charge >= 0.3 is 0 Å². The fourth-order valence-electron chi connectivity index (χ4n) is 3.02. The molecule has 1 fully saturated rings. The van der Waals surface area contributed by atoms with E-state index in [0.29, 0.717) is 0 Å². The lowest BCUT2D eigenvalue weighted by molar-refractivity contribution is 0.0548. The minimum atomic E-state index is 0.758. The molecule has 1 aromatic rings. The summed E-state index contributed by atoms with van der Waals surface area (Å²) in [6.45, 7) is 3.36. The van der Waals surface area contributed by atoms with Crippen molar-refractivity contribution in [3.05, 3.63) is 51.7 Å². The largest absolute Gasteiger partial charge is 0.378 e. The van der Waals surface area contributed by atoms with Gasteiger partial charge in [-0.3, -0.25) is 0 Å². The number of halogens is 1. The Kier molecular flexibility index (Phi) is 4.80. The monoisotopic (exact) mass is 317 g/mol. The van der Waals surface area contributed by atoms with Crippen molar-refractivity contribution < 1.29 is 4.74 Å². The third kappa shape index (κ3) is 3.34. The van der Waals surface area contributed by atoms with Gasteiger partial charge in [-0.25, -0.2) is 0 Å². The third-order valence-corrected chi connectivity index (χ3v) is 4.29. The van der Waals surface area contributed by atoms with Crippen LogP contribution in [0.1, 0.15) is 18.4 Å². The van der Waals surface area contributed by atoms with E-state index in [-0.39, 0.29) is 0 Å². The fourth-order valence-corrected chi connectivity index (χ4v) is 3.15. The topological polar surface area (TPSA) is 50.8 Å². The molecule has 0 saturated carbocycles. The molecule has 1 heterocycles. The molecule has 4 nitrogen and oxygen atoms in total. The van der Waals surface area contributed by atoms with Crippen molar-refractivity contribution in [2.45, 2.75) is 12.8 Å². The van der Waals surface area contributed by atoms with Crippen LogP contribution in [0.15, 0.2) is 46.2 Å². The van der Waals surface area contributed by atoms with Crippen molar-refractivity contribution in [2.24, 2.45) is 10.9 Å². The predicted octanol–water partition coefficient (Wildman–Crippen LogP) is 3.05. The van der Waals surface area contributed by atoms with Gasteiger partial charge in [-0.05, 0) is 47.8 Å². The zero-order valence-corrected chi connectivity index (χ0v) is 13.2. The number of benzene rings is 1. The molecular formula is C17H20ClN3O. The summed E-state index contributed by atoms with van der Waals surface area (Å²) in [5.41, 5.74) is 4.98. The average molecular weight is 318 g/mol. The SMILES string of the molecule is NN=CC1=C(N2CCOCC2)C(=Cc2ccc(Cl)cc2)CC1. The Morgan fingerprint density at radius 2 is 1.86 bits per heavy atom. The van der Waals surface area contributed by atoms with Gasteiger partial charge in [-0.15, -0.1) is 0 Å². The minimum absolute atomic E-state index is 0.758. The lowest BCUT2D eigenvalue weighted by Gasteiger charge is -2.31. The summed E-state index contributed by atoms with van der Waals surface area (Å²) >= 11 is 5.96. The molecule has 0 atom stereocenters. The highest BCUT2D eigenvalue weighted by molar-refractivity contribution is 6.30. The molecule has 0 aromatic heterocycles. The van der Waals surface area contributed by atoms with Crippen LogP contribution in [0.4, 0.5) is 0 Å². The summed E-state index contributed by atoms with van der Waals surface area (Å²) in [4.78, 5) is 2.38. The van der Waals surface area contributed by atoms with Gasteiger partial charge in [0.2, 0.25) is 0 Å². The van der Waals surface area contributed by atoms with E-state index in [1.807, 2.05) is 24.3 Å². The number of ether oxygens (including phenoxy) is 1. The first kappa shape index (κ1) is 15.1. The zero-order valence-electron chi connectivity index (χ0n) is 12.5. The third-order valence-electron chi connectivity index (χ3n) is 4.04. The summed E-state index contributed by atoms with van der Waals surface area (Å²) in [7, 11) is 0. The second kappa shape index (κ2) is 6.99. The van der Waals surface area contributed by atoms with Gasteiger partial charge in [0.15, 0.2) is 0 Å². The van der Waals surface area contributed by atoms with Crippen LogP contribution in [0.25, 0.3) is 6.08 Å². The van der Waals surface area contributed by atoms with Crippen molar-refractivity contribution in [1.29, 1.82) is 0 Å². The summed E-state index contributed by atoms with van der Waals surface area (Å²) < 4.78 is 5.46. The molecule has 2 N–H and O–H groups in total. The molecule has 0 radical (unpaired) electrons. The number of nitrogens with two attached hydrogens (primary N) is 1. The van der Waals surface area contributed by atoms with E-state index in [0.717, 1.165) is 49.7 Å². The van der Waals surface area contributed by atoms with Gasteiger partial charge in [0.25, 0.3) is 0 Å². The average Bonchev–Trinajstić information content (AvgIpc) is 2.93. The molecule has 116 valence electrons. The molecule has 0 bridgehead atoms. The van der Waals surface area contributed by atoms with Crippen LogP contribution in [-0.4, -0.2) is 37.4 Å². The highest BCUT2D eigenvalue weighted by Gasteiger charge is 2.25. The molecular weight excluding hydrogens is 298 g/mol. The Morgan fingerprint density at radius 1 is 1.14 bits per heavy atom. The Labute approximate surface area is 135 Å². The van der Waals surface area contributed by atoms with Gasteiger partial charge in [-0.1, -0.05) is 23.7 Å². The maximum atomic E-state index is 5.96. The standard InChI is InChI=1S/C17H20ClN3O/c18-16-5-1-13(2-6-16)11-14-3-4-15(12-20-19)17(14)21-7-9-22-10-8-21/h1-2,5-6,11-12H,3-4,7-10,19H2. The molecule has 22 heavy (non-hydrogen) atoms. The molecule has 2 aliphatic rings. The van der Waals surface area contributed by atoms with Crippen LogP contribution in [0, 0.1) is 0 Å². The molecule has 0 spiro atoms. The second-order valence-electron chi connectivity index (χ2n) is 5.47.